The first-order valence-electron chi connectivity index (χ1n) is 7.56. The Morgan fingerprint density at radius 1 is 1.29 bits per heavy atom. The molecule has 0 bridgehead atoms. The van der Waals surface area contributed by atoms with Crippen LogP contribution >= 0.6 is 0 Å². The highest BCUT2D eigenvalue weighted by Gasteiger charge is 2.42. The third-order valence-corrected chi connectivity index (χ3v) is 3.94. The smallest absolute Gasteiger partial charge is 0.315 e. The number of azide groups is 1. The molecule has 0 N–H and O–H groups in total. The number of hydrogen-bond donors (Lipinski definition) is 0. The zero-order valence-corrected chi connectivity index (χ0v) is 13.1. The Morgan fingerprint density at radius 2 is 2.08 bits per heavy atom. The Balaban J connectivity index is 1.66. The van der Waals surface area contributed by atoms with Gasteiger partial charge in [-0.3, -0.25) is 9.78 Å². The lowest BCUT2D eigenvalue weighted by Crippen LogP contribution is -2.17. The monoisotopic (exact) mass is 324 g/mol. The highest BCUT2D eigenvalue weighted by molar-refractivity contribution is 5.79. The van der Waals surface area contributed by atoms with Gasteiger partial charge in [0.1, 0.15) is 24.5 Å². The van der Waals surface area contributed by atoms with Crippen LogP contribution in [0.15, 0.2) is 53.8 Å². The fourth-order valence-corrected chi connectivity index (χ4v) is 2.61. The maximum Gasteiger partial charge on any atom is 0.315 e. The van der Waals surface area contributed by atoms with Crippen molar-refractivity contribution in [2.45, 2.75) is 25.7 Å². The second-order valence-electron chi connectivity index (χ2n) is 5.56. The predicted molar refractivity (Wildman–Crippen MR) is 85.9 cm³/mol. The number of rotatable bonds is 5. The maximum atomic E-state index is 11.7. The third-order valence-electron chi connectivity index (χ3n) is 3.94. The van der Waals surface area contributed by atoms with Gasteiger partial charge in [-0.25, -0.2) is 0 Å². The number of ether oxygens (including phenoxy) is 2. The molecule has 1 aliphatic heterocycles. The van der Waals surface area contributed by atoms with Gasteiger partial charge in [0.15, 0.2) is 0 Å². The van der Waals surface area contributed by atoms with E-state index < -0.39 is 18.1 Å². The molecular formula is C17H16N4O3. The van der Waals surface area contributed by atoms with Gasteiger partial charge in [0.05, 0.1) is 11.9 Å². The lowest BCUT2D eigenvalue weighted by atomic mass is 9.97. The zero-order chi connectivity index (χ0) is 16.9. The number of aromatic nitrogens is 1. The van der Waals surface area contributed by atoms with E-state index in [9.17, 15) is 4.79 Å². The van der Waals surface area contributed by atoms with Gasteiger partial charge in [0.25, 0.3) is 0 Å². The minimum Gasteiger partial charge on any atom is -0.487 e. The van der Waals surface area contributed by atoms with Crippen LogP contribution in [0.4, 0.5) is 0 Å². The van der Waals surface area contributed by atoms with E-state index in [1.54, 1.807) is 25.3 Å². The average Bonchev–Trinajstić information content (AvgIpc) is 2.90. The molecule has 0 unspecified atom stereocenters. The fourth-order valence-electron chi connectivity index (χ4n) is 2.61. The molecule has 24 heavy (non-hydrogen) atoms. The van der Waals surface area contributed by atoms with Gasteiger partial charge >= 0.3 is 5.97 Å². The Kier molecular flexibility index (Phi) is 4.63. The number of benzene rings is 1. The molecule has 1 aromatic heterocycles. The van der Waals surface area contributed by atoms with Crippen LogP contribution in [0, 0.1) is 5.92 Å². The summed E-state index contributed by atoms with van der Waals surface area (Å²) < 4.78 is 11.0. The molecule has 122 valence electrons. The summed E-state index contributed by atoms with van der Waals surface area (Å²) in [6, 6.07) is 12.6. The molecule has 3 atom stereocenters. The molecule has 7 nitrogen and oxygen atoms in total. The molecule has 0 spiro atoms. The van der Waals surface area contributed by atoms with E-state index in [-0.39, 0.29) is 5.92 Å². The first-order chi connectivity index (χ1) is 11.7. The molecule has 1 aromatic carbocycles. The molecule has 7 heteroatoms. The second-order valence-corrected chi connectivity index (χ2v) is 5.56. The summed E-state index contributed by atoms with van der Waals surface area (Å²) in [6.07, 6.45) is 1.08. The Bertz CT molecular complexity index is 757. The Labute approximate surface area is 138 Å². The molecule has 0 saturated carbocycles. The minimum absolute atomic E-state index is 0.267. The third kappa shape index (κ3) is 3.31. The minimum atomic E-state index is -0.809. The topological polar surface area (TPSA) is 97.2 Å². The van der Waals surface area contributed by atoms with Gasteiger partial charge in [-0.05, 0) is 23.2 Å². The van der Waals surface area contributed by atoms with Crippen LogP contribution in [-0.2, 0) is 16.1 Å². The van der Waals surface area contributed by atoms with Crippen molar-refractivity contribution in [3.63, 3.8) is 0 Å². The van der Waals surface area contributed by atoms with E-state index in [0.29, 0.717) is 18.1 Å². The number of carbonyl (C=O) groups excluding carboxylic acids is 1. The van der Waals surface area contributed by atoms with Crippen molar-refractivity contribution in [3.8, 4) is 5.75 Å². The van der Waals surface area contributed by atoms with Gasteiger partial charge in [0.2, 0.25) is 0 Å². The van der Waals surface area contributed by atoms with Gasteiger partial charge in [-0.2, -0.15) is 0 Å². The summed E-state index contributed by atoms with van der Waals surface area (Å²) in [5.74, 6) is -0.153. The lowest BCUT2D eigenvalue weighted by Gasteiger charge is -2.14. The normalized spacial score (nSPS) is 22.5. The first-order valence-corrected chi connectivity index (χ1v) is 7.56. The van der Waals surface area contributed by atoms with E-state index in [1.165, 1.54) is 0 Å². The molecule has 2 aromatic rings. The second kappa shape index (κ2) is 7.02. The van der Waals surface area contributed by atoms with Crippen LogP contribution in [0.2, 0.25) is 0 Å². The van der Waals surface area contributed by atoms with Gasteiger partial charge in [-0.1, -0.05) is 42.4 Å². The number of esters is 1. The quantitative estimate of drug-likeness (QED) is 0.363. The van der Waals surface area contributed by atoms with E-state index in [2.05, 4.69) is 15.0 Å². The van der Waals surface area contributed by atoms with Crippen LogP contribution in [-0.4, -0.2) is 17.0 Å². The largest absolute Gasteiger partial charge is 0.487 e. The van der Waals surface area contributed by atoms with Crippen LogP contribution in [0.3, 0.4) is 0 Å². The number of carbonyl (C=O) groups is 1. The molecule has 1 saturated heterocycles. The summed E-state index contributed by atoms with van der Waals surface area (Å²) in [5.41, 5.74) is 10.2. The molecule has 1 fully saturated rings. The predicted octanol–water partition coefficient (Wildman–Crippen LogP) is 3.57. The Hall–Kier alpha value is -3.05. The van der Waals surface area contributed by atoms with E-state index >= 15 is 0 Å². The van der Waals surface area contributed by atoms with Crippen LogP contribution in [0.5, 0.6) is 5.75 Å². The number of nitrogens with zero attached hydrogens (tertiary/aromatic N) is 4. The molecule has 0 radical (unpaired) electrons. The van der Waals surface area contributed by atoms with Gasteiger partial charge < -0.3 is 9.47 Å². The first kappa shape index (κ1) is 15.8. The molecule has 0 amide bonds. The van der Waals surface area contributed by atoms with E-state index in [0.717, 1.165) is 5.56 Å². The Morgan fingerprint density at radius 3 is 2.75 bits per heavy atom. The summed E-state index contributed by atoms with van der Waals surface area (Å²) in [7, 11) is 0. The lowest BCUT2D eigenvalue weighted by molar-refractivity contribution is -0.142. The summed E-state index contributed by atoms with van der Waals surface area (Å²) in [6.45, 7) is 2.26. The van der Waals surface area contributed by atoms with Crippen molar-refractivity contribution >= 4 is 5.97 Å². The van der Waals surface area contributed by atoms with Crippen molar-refractivity contribution in [2.24, 2.45) is 11.0 Å². The highest BCUT2D eigenvalue weighted by Crippen LogP contribution is 2.36. The van der Waals surface area contributed by atoms with E-state index in [1.807, 2.05) is 30.3 Å². The van der Waals surface area contributed by atoms with Crippen molar-refractivity contribution in [1.82, 2.24) is 4.98 Å². The maximum absolute atomic E-state index is 11.7. The number of hydrogen-bond acceptors (Lipinski definition) is 5. The standard InChI is InChI=1S/C17H16N4O3/c1-11-15(20-21-18)17(22)24-16(11)14-8-7-13(9-19-14)23-10-12-5-3-2-4-6-12/h2-9,11,15-16H,10H2,1H3/t11-,15-,16-/m0/s1. The molecule has 0 aliphatic carbocycles. The zero-order valence-electron chi connectivity index (χ0n) is 13.1. The van der Waals surface area contributed by atoms with Crippen molar-refractivity contribution in [2.75, 3.05) is 0 Å². The van der Waals surface area contributed by atoms with Gasteiger partial charge in [0, 0.05) is 10.8 Å². The van der Waals surface area contributed by atoms with Gasteiger partial charge in [-0.15, -0.1) is 0 Å². The molecular weight excluding hydrogens is 308 g/mol. The van der Waals surface area contributed by atoms with E-state index in [4.69, 9.17) is 15.0 Å². The van der Waals surface area contributed by atoms with Crippen molar-refractivity contribution < 1.29 is 14.3 Å². The molecule has 1 aliphatic rings. The summed E-state index contributed by atoms with van der Waals surface area (Å²) in [4.78, 5) is 18.8. The number of cyclic esters (lactones) is 1. The molecule has 3 rings (SSSR count). The van der Waals surface area contributed by atoms with Crippen molar-refractivity contribution in [1.29, 1.82) is 0 Å². The molecule has 2 heterocycles. The average molecular weight is 324 g/mol. The highest BCUT2D eigenvalue weighted by atomic mass is 16.6. The SMILES string of the molecule is C[C@H]1[C@H](N=[N+]=[N-])C(=O)O[C@@H]1c1ccc(OCc2ccccc2)cn1. The van der Waals surface area contributed by atoms with Crippen LogP contribution in [0.1, 0.15) is 24.3 Å². The van der Waals surface area contributed by atoms with Crippen LogP contribution < -0.4 is 4.74 Å². The van der Waals surface area contributed by atoms with Crippen molar-refractivity contribution in [3.05, 3.63) is 70.4 Å². The fraction of sp³-hybridized carbons (Fsp3) is 0.294. The summed E-state index contributed by atoms with van der Waals surface area (Å²) >= 11 is 0. The van der Waals surface area contributed by atoms with Crippen LogP contribution in [0.25, 0.3) is 10.4 Å². The summed E-state index contributed by atoms with van der Waals surface area (Å²) in [5, 5.41) is 3.50. The number of pyridine rings is 1.